The van der Waals surface area contributed by atoms with Gasteiger partial charge in [0.15, 0.2) is 0 Å². The van der Waals surface area contributed by atoms with Crippen LogP contribution in [-0.2, 0) is 16.0 Å². The summed E-state index contributed by atoms with van der Waals surface area (Å²) in [5.74, 6) is 0.0199. The number of anilines is 1. The molecule has 2 N–H and O–H groups in total. The SMILES string of the molecule is CCCCC(=O)N1CCN(C(=O)C(Cc2ccccc2)NC(=O)Nc2ccc(SC)cc2)CC1C. The monoisotopic (exact) mass is 496 g/mol. The molecule has 2 atom stereocenters. The normalized spacial score (nSPS) is 16.5. The fraction of sp³-hybridized carbons (Fsp3) is 0.444. The number of piperazine rings is 1. The zero-order chi connectivity index (χ0) is 25.2. The number of amides is 4. The number of carbonyl (C=O) groups is 3. The Balaban J connectivity index is 1.67. The first kappa shape index (κ1) is 26.6. The molecule has 1 fully saturated rings. The number of hydrogen-bond donors (Lipinski definition) is 2. The third-order valence-corrected chi connectivity index (χ3v) is 6.98. The molecule has 188 valence electrons. The third kappa shape index (κ3) is 7.75. The van der Waals surface area contributed by atoms with Gasteiger partial charge in [-0.2, -0.15) is 0 Å². The predicted octanol–water partition coefficient (Wildman–Crippen LogP) is 4.39. The van der Waals surface area contributed by atoms with Crippen molar-refractivity contribution in [3.63, 3.8) is 0 Å². The summed E-state index contributed by atoms with van der Waals surface area (Å²) in [7, 11) is 0. The zero-order valence-corrected chi connectivity index (χ0v) is 21.6. The van der Waals surface area contributed by atoms with Crippen LogP contribution < -0.4 is 10.6 Å². The summed E-state index contributed by atoms with van der Waals surface area (Å²) < 4.78 is 0. The molecule has 2 aromatic carbocycles. The summed E-state index contributed by atoms with van der Waals surface area (Å²) in [6, 6.07) is 16.1. The van der Waals surface area contributed by atoms with Gasteiger partial charge in [0.05, 0.1) is 0 Å². The molecule has 0 aromatic heterocycles. The number of nitrogens with one attached hydrogen (secondary N) is 2. The maximum atomic E-state index is 13.5. The molecule has 35 heavy (non-hydrogen) atoms. The van der Waals surface area contributed by atoms with Crippen LogP contribution in [0.2, 0.25) is 0 Å². The first-order valence-corrected chi connectivity index (χ1v) is 13.5. The van der Waals surface area contributed by atoms with E-state index in [0.29, 0.717) is 38.2 Å². The molecule has 1 aliphatic rings. The summed E-state index contributed by atoms with van der Waals surface area (Å²) >= 11 is 1.63. The molecule has 7 nitrogen and oxygen atoms in total. The molecule has 1 saturated heterocycles. The minimum absolute atomic E-state index is 0.0572. The number of benzene rings is 2. The van der Waals surface area contributed by atoms with E-state index in [2.05, 4.69) is 17.6 Å². The number of hydrogen-bond acceptors (Lipinski definition) is 4. The van der Waals surface area contributed by atoms with Crippen molar-refractivity contribution >= 4 is 35.3 Å². The smallest absolute Gasteiger partial charge is 0.319 e. The Morgan fingerprint density at radius 3 is 2.40 bits per heavy atom. The molecule has 1 heterocycles. The van der Waals surface area contributed by atoms with Crippen LogP contribution in [0.5, 0.6) is 0 Å². The van der Waals surface area contributed by atoms with E-state index >= 15 is 0 Å². The van der Waals surface area contributed by atoms with Crippen molar-refractivity contribution in [3.05, 3.63) is 60.2 Å². The van der Waals surface area contributed by atoms with Crippen LogP contribution in [0.15, 0.2) is 59.5 Å². The average Bonchev–Trinajstić information content (AvgIpc) is 2.87. The zero-order valence-electron chi connectivity index (χ0n) is 20.8. The van der Waals surface area contributed by atoms with Gasteiger partial charge in [0.1, 0.15) is 6.04 Å². The number of nitrogens with zero attached hydrogens (tertiary/aromatic N) is 2. The molecule has 0 saturated carbocycles. The summed E-state index contributed by atoms with van der Waals surface area (Å²) in [6.07, 6.45) is 4.79. The molecule has 1 aliphatic heterocycles. The molecule has 0 radical (unpaired) electrons. The topological polar surface area (TPSA) is 81.8 Å². The highest BCUT2D eigenvalue weighted by Gasteiger charge is 2.33. The molecule has 2 aromatic rings. The number of carbonyl (C=O) groups excluding carboxylic acids is 3. The van der Waals surface area contributed by atoms with Crippen LogP contribution in [0.25, 0.3) is 0 Å². The van der Waals surface area contributed by atoms with Crippen molar-refractivity contribution in [1.82, 2.24) is 15.1 Å². The maximum absolute atomic E-state index is 13.5. The number of rotatable bonds is 9. The summed E-state index contributed by atoms with van der Waals surface area (Å²) in [4.78, 5) is 43.6. The molecule has 2 unspecified atom stereocenters. The highest BCUT2D eigenvalue weighted by Crippen LogP contribution is 2.18. The van der Waals surface area contributed by atoms with Crippen molar-refractivity contribution in [2.75, 3.05) is 31.2 Å². The van der Waals surface area contributed by atoms with E-state index < -0.39 is 12.1 Å². The van der Waals surface area contributed by atoms with E-state index in [1.807, 2.05) is 72.7 Å². The highest BCUT2D eigenvalue weighted by molar-refractivity contribution is 7.98. The van der Waals surface area contributed by atoms with Crippen molar-refractivity contribution in [2.45, 2.75) is 56.5 Å². The summed E-state index contributed by atoms with van der Waals surface area (Å²) in [5, 5.41) is 5.72. The first-order valence-electron chi connectivity index (χ1n) is 12.2. The lowest BCUT2D eigenvalue weighted by molar-refractivity contribution is -0.143. The molecule has 0 aliphatic carbocycles. The van der Waals surface area contributed by atoms with Crippen LogP contribution in [0.1, 0.15) is 38.7 Å². The Kier molecular flexibility index (Phi) is 10.0. The molecular weight excluding hydrogens is 460 g/mol. The van der Waals surface area contributed by atoms with E-state index in [9.17, 15) is 14.4 Å². The van der Waals surface area contributed by atoms with Gasteiger partial charge in [-0.3, -0.25) is 9.59 Å². The van der Waals surface area contributed by atoms with Gasteiger partial charge in [0.25, 0.3) is 0 Å². The maximum Gasteiger partial charge on any atom is 0.319 e. The minimum Gasteiger partial charge on any atom is -0.337 e. The summed E-state index contributed by atoms with van der Waals surface area (Å²) in [5.41, 5.74) is 1.64. The second kappa shape index (κ2) is 13.2. The Hall–Kier alpha value is -3.00. The van der Waals surface area contributed by atoms with Crippen molar-refractivity contribution < 1.29 is 14.4 Å². The average molecular weight is 497 g/mol. The Labute approximate surface area is 212 Å². The lowest BCUT2D eigenvalue weighted by atomic mass is 10.0. The molecule has 4 amide bonds. The van der Waals surface area contributed by atoms with Crippen LogP contribution in [0.4, 0.5) is 10.5 Å². The Morgan fingerprint density at radius 2 is 1.77 bits per heavy atom. The van der Waals surface area contributed by atoms with Crippen molar-refractivity contribution in [1.29, 1.82) is 0 Å². The Bertz CT molecular complexity index is 984. The van der Waals surface area contributed by atoms with Gasteiger partial charge in [-0.15, -0.1) is 11.8 Å². The van der Waals surface area contributed by atoms with Gasteiger partial charge >= 0.3 is 6.03 Å². The lowest BCUT2D eigenvalue weighted by Crippen LogP contribution is -2.59. The van der Waals surface area contributed by atoms with E-state index in [4.69, 9.17) is 0 Å². The minimum atomic E-state index is -0.711. The fourth-order valence-electron chi connectivity index (χ4n) is 4.27. The highest BCUT2D eigenvalue weighted by atomic mass is 32.2. The van der Waals surface area contributed by atoms with Gasteiger partial charge < -0.3 is 20.4 Å². The first-order chi connectivity index (χ1) is 16.9. The molecule has 0 spiro atoms. The van der Waals surface area contributed by atoms with Crippen LogP contribution in [-0.4, -0.2) is 65.6 Å². The van der Waals surface area contributed by atoms with E-state index in [-0.39, 0.29) is 17.9 Å². The lowest BCUT2D eigenvalue weighted by Gasteiger charge is -2.41. The quantitative estimate of drug-likeness (QED) is 0.505. The Morgan fingerprint density at radius 1 is 1.06 bits per heavy atom. The van der Waals surface area contributed by atoms with Gasteiger partial charge in [-0.1, -0.05) is 43.7 Å². The predicted molar refractivity (Wildman–Crippen MR) is 142 cm³/mol. The second-order valence-corrected chi connectivity index (χ2v) is 9.77. The van der Waals surface area contributed by atoms with Gasteiger partial charge in [0, 0.05) is 49.1 Å². The van der Waals surface area contributed by atoms with Crippen LogP contribution in [0, 0.1) is 0 Å². The number of urea groups is 1. The van der Waals surface area contributed by atoms with E-state index in [1.165, 1.54) is 0 Å². The second-order valence-electron chi connectivity index (χ2n) is 8.89. The largest absolute Gasteiger partial charge is 0.337 e. The third-order valence-electron chi connectivity index (χ3n) is 6.24. The van der Waals surface area contributed by atoms with E-state index in [0.717, 1.165) is 23.3 Å². The summed E-state index contributed by atoms with van der Waals surface area (Å²) in [6.45, 7) is 5.49. The molecule has 0 bridgehead atoms. The molecular formula is C27H36N4O3S. The molecule has 8 heteroatoms. The van der Waals surface area contributed by atoms with Gasteiger partial charge in [0.2, 0.25) is 11.8 Å². The van der Waals surface area contributed by atoms with Gasteiger partial charge in [-0.05, 0) is 49.4 Å². The van der Waals surface area contributed by atoms with Gasteiger partial charge in [-0.25, -0.2) is 4.79 Å². The fourth-order valence-corrected chi connectivity index (χ4v) is 4.68. The van der Waals surface area contributed by atoms with Crippen LogP contribution in [0.3, 0.4) is 0 Å². The number of thioether (sulfide) groups is 1. The number of unbranched alkanes of at least 4 members (excludes halogenated alkanes) is 1. The van der Waals surface area contributed by atoms with E-state index in [1.54, 1.807) is 16.7 Å². The van der Waals surface area contributed by atoms with Crippen molar-refractivity contribution in [3.8, 4) is 0 Å². The van der Waals surface area contributed by atoms with Crippen molar-refractivity contribution in [2.24, 2.45) is 0 Å². The standard InChI is InChI=1S/C27H36N4O3S/c1-4-5-11-25(32)31-17-16-30(19-20(31)2)26(33)24(18-21-9-7-6-8-10-21)29-27(34)28-22-12-14-23(35-3)15-13-22/h6-10,12-15,20,24H,4-5,11,16-19H2,1-3H3,(H2,28,29,34). The van der Waals surface area contributed by atoms with Crippen LogP contribution >= 0.6 is 11.8 Å². The molecule has 3 rings (SSSR count).